The minimum Gasteiger partial charge on any atom is -0.306 e. The summed E-state index contributed by atoms with van der Waals surface area (Å²) < 4.78 is 0. The van der Waals surface area contributed by atoms with Crippen molar-refractivity contribution >= 4 is 17.9 Å². The fourth-order valence-corrected chi connectivity index (χ4v) is 1.11. The number of alkyl halides is 1. The van der Waals surface area contributed by atoms with Gasteiger partial charge in [0, 0.05) is 11.9 Å². The van der Waals surface area contributed by atoms with E-state index in [0.717, 1.165) is 19.3 Å². The Balaban J connectivity index is 2.32. The van der Waals surface area contributed by atoms with Crippen molar-refractivity contribution < 1.29 is 4.79 Å². The number of halogens is 1. The van der Waals surface area contributed by atoms with E-state index in [4.69, 9.17) is 11.6 Å². The minimum absolute atomic E-state index is 0.0116. The predicted octanol–water partition coefficient (Wildman–Crippen LogP) is 0.155. The lowest BCUT2D eigenvalue weighted by Crippen LogP contribution is -2.22. The highest BCUT2D eigenvalue weighted by atomic mass is 35.5. The largest absolute Gasteiger partial charge is 0.306 e. The first-order chi connectivity index (χ1) is 3.83. The number of rotatable bonds is 1. The first-order valence-corrected chi connectivity index (χ1v) is 3.09. The molecule has 2 atom stereocenters. The van der Waals surface area contributed by atoms with Gasteiger partial charge in [0.05, 0.1) is 6.04 Å². The first kappa shape index (κ1) is 6.05. The molecular formula is C5H8ClNO. The van der Waals surface area contributed by atoms with Crippen LogP contribution in [0.4, 0.5) is 0 Å². The molecule has 1 rings (SSSR count). The molecule has 0 saturated carbocycles. The molecule has 8 heavy (non-hydrogen) atoms. The topological polar surface area (TPSA) is 29.1 Å². The Morgan fingerprint density at radius 1 is 1.75 bits per heavy atom. The number of carbonyl (C=O) groups is 1. The summed E-state index contributed by atoms with van der Waals surface area (Å²) in [7, 11) is 0. The third kappa shape index (κ3) is 1.20. The van der Waals surface area contributed by atoms with Crippen molar-refractivity contribution in [2.24, 2.45) is 0 Å². The van der Waals surface area contributed by atoms with E-state index in [2.05, 4.69) is 5.32 Å². The Morgan fingerprint density at radius 2 is 2.50 bits per heavy atom. The second kappa shape index (κ2) is 2.46. The lowest BCUT2D eigenvalue weighted by atomic mass is 10.2. The third-order valence-corrected chi connectivity index (χ3v) is 1.61. The molecule has 1 saturated heterocycles. The van der Waals surface area contributed by atoms with Crippen LogP contribution in [0, 0.1) is 0 Å². The highest BCUT2D eigenvalue weighted by molar-refractivity contribution is 6.21. The van der Waals surface area contributed by atoms with Gasteiger partial charge in [0.25, 0.3) is 0 Å². The number of hydrogen-bond acceptors (Lipinski definition) is 2. The van der Waals surface area contributed by atoms with Gasteiger partial charge < -0.3 is 10.1 Å². The average Bonchev–Trinajstić information content (AvgIpc) is 2.14. The maximum absolute atomic E-state index is 10.0. The van der Waals surface area contributed by atoms with E-state index in [9.17, 15) is 4.79 Å². The van der Waals surface area contributed by atoms with E-state index in [1.54, 1.807) is 0 Å². The fourth-order valence-electron chi connectivity index (χ4n) is 0.825. The van der Waals surface area contributed by atoms with Crippen LogP contribution in [0.15, 0.2) is 0 Å². The van der Waals surface area contributed by atoms with Gasteiger partial charge in [0.1, 0.15) is 6.29 Å². The van der Waals surface area contributed by atoms with Gasteiger partial charge in [-0.15, -0.1) is 11.6 Å². The van der Waals surface area contributed by atoms with Gasteiger partial charge in [-0.05, 0) is 6.42 Å². The summed E-state index contributed by atoms with van der Waals surface area (Å²) >= 11 is 5.66. The maximum atomic E-state index is 10.0. The van der Waals surface area contributed by atoms with Gasteiger partial charge in [-0.2, -0.15) is 0 Å². The van der Waals surface area contributed by atoms with Gasteiger partial charge in [-0.3, -0.25) is 0 Å². The molecule has 0 aromatic rings. The van der Waals surface area contributed by atoms with Crippen LogP contribution in [0.1, 0.15) is 6.42 Å². The van der Waals surface area contributed by atoms with E-state index < -0.39 is 0 Å². The molecule has 1 unspecified atom stereocenters. The summed E-state index contributed by atoms with van der Waals surface area (Å²) in [5, 5.41) is 3.11. The van der Waals surface area contributed by atoms with E-state index in [0.29, 0.717) is 0 Å². The maximum Gasteiger partial charge on any atom is 0.136 e. The van der Waals surface area contributed by atoms with Crippen LogP contribution < -0.4 is 5.32 Å². The zero-order chi connectivity index (χ0) is 5.98. The standard InChI is InChI=1S/C5H8ClNO/c6-4-1-5(3-8)7-2-4/h3-5,7H,1-2H2/t4?,5-/m1/s1. The smallest absolute Gasteiger partial charge is 0.136 e. The van der Waals surface area contributed by atoms with Crippen molar-refractivity contribution in [3.63, 3.8) is 0 Å². The zero-order valence-corrected chi connectivity index (χ0v) is 5.19. The van der Waals surface area contributed by atoms with Gasteiger partial charge in [-0.25, -0.2) is 0 Å². The summed E-state index contributed by atoms with van der Waals surface area (Å²) in [5.74, 6) is 0. The molecule has 0 radical (unpaired) electrons. The molecule has 0 amide bonds. The highest BCUT2D eigenvalue weighted by Crippen LogP contribution is 2.09. The van der Waals surface area contributed by atoms with Crippen molar-refractivity contribution in [2.45, 2.75) is 17.8 Å². The summed E-state index contributed by atoms with van der Waals surface area (Å²) in [6.07, 6.45) is 1.69. The molecule has 1 N–H and O–H groups in total. The highest BCUT2D eigenvalue weighted by Gasteiger charge is 2.20. The van der Waals surface area contributed by atoms with Crippen LogP contribution >= 0.6 is 11.6 Å². The van der Waals surface area contributed by atoms with E-state index in [1.807, 2.05) is 0 Å². The number of carbonyl (C=O) groups excluding carboxylic acids is 1. The zero-order valence-electron chi connectivity index (χ0n) is 4.43. The molecule has 0 spiro atoms. The van der Waals surface area contributed by atoms with Crippen LogP contribution in [0.3, 0.4) is 0 Å². The van der Waals surface area contributed by atoms with Crippen LogP contribution in [-0.2, 0) is 4.79 Å². The molecule has 0 aromatic carbocycles. The SMILES string of the molecule is O=C[C@H]1CC(Cl)CN1. The van der Waals surface area contributed by atoms with Crippen molar-refractivity contribution in [3.05, 3.63) is 0 Å². The predicted molar refractivity (Wildman–Crippen MR) is 32.1 cm³/mol. The monoisotopic (exact) mass is 133 g/mol. The molecular weight excluding hydrogens is 126 g/mol. The van der Waals surface area contributed by atoms with E-state index >= 15 is 0 Å². The quantitative estimate of drug-likeness (QED) is 0.408. The van der Waals surface area contributed by atoms with Gasteiger partial charge >= 0.3 is 0 Å². The van der Waals surface area contributed by atoms with Gasteiger partial charge in [0.2, 0.25) is 0 Å². The Morgan fingerprint density at radius 3 is 2.75 bits per heavy atom. The molecule has 46 valence electrons. The Bertz CT molecular complexity index is 96.4. The summed E-state index contributed by atoms with van der Waals surface area (Å²) in [6.45, 7) is 0.769. The minimum atomic E-state index is 0.0116. The number of nitrogens with one attached hydrogen (secondary N) is 1. The van der Waals surface area contributed by atoms with Crippen LogP contribution in [-0.4, -0.2) is 24.2 Å². The molecule has 1 fully saturated rings. The van der Waals surface area contributed by atoms with Crippen LogP contribution in [0.2, 0.25) is 0 Å². The van der Waals surface area contributed by atoms with Crippen molar-refractivity contribution in [2.75, 3.05) is 6.54 Å². The molecule has 0 bridgehead atoms. The lowest BCUT2D eigenvalue weighted by molar-refractivity contribution is -0.109. The van der Waals surface area contributed by atoms with Gasteiger partial charge in [0.15, 0.2) is 0 Å². The number of hydrogen-bond donors (Lipinski definition) is 1. The molecule has 1 heterocycles. The molecule has 1 aliphatic rings. The van der Waals surface area contributed by atoms with Crippen LogP contribution in [0.25, 0.3) is 0 Å². The van der Waals surface area contributed by atoms with Gasteiger partial charge in [-0.1, -0.05) is 0 Å². The summed E-state index contributed by atoms with van der Waals surface area (Å²) in [4.78, 5) is 10.0. The van der Waals surface area contributed by atoms with E-state index in [-0.39, 0.29) is 11.4 Å². The fraction of sp³-hybridized carbons (Fsp3) is 0.800. The van der Waals surface area contributed by atoms with E-state index in [1.165, 1.54) is 0 Å². The first-order valence-electron chi connectivity index (χ1n) is 2.65. The Kier molecular flexibility index (Phi) is 1.86. The summed E-state index contributed by atoms with van der Waals surface area (Å²) in [5.41, 5.74) is 0. The average molecular weight is 134 g/mol. The second-order valence-corrected chi connectivity index (χ2v) is 2.60. The summed E-state index contributed by atoms with van der Waals surface area (Å²) in [6, 6.07) is 0.0116. The Labute approximate surface area is 53.2 Å². The van der Waals surface area contributed by atoms with Crippen LogP contribution in [0.5, 0.6) is 0 Å². The van der Waals surface area contributed by atoms with Crippen molar-refractivity contribution in [3.8, 4) is 0 Å². The Hall–Kier alpha value is -0.0800. The molecule has 0 aromatic heterocycles. The third-order valence-electron chi connectivity index (χ3n) is 1.28. The molecule has 3 heteroatoms. The molecule has 2 nitrogen and oxygen atoms in total. The van der Waals surface area contributed by atoms with Crippen molar-refractivity contribution in [1.29, 1.82) is 0 Å². The normalized spacial score (nSPS) is 37.6. The second-order valence-electron chi connectivity index (χ2n) is 1.98. The molecule has 1 aliphatic heterocycles. The lowest BCUT2D eigenvalue weighted by Gasteiger charge is -1.94. The molecule has 0 aliphatic carbocycles. The van der Waals surface area contributed by atoms with Crippen molar-refractivity contribution in [1.82, 2.24) is 5.32 Å². The number of aldehydes is 1.